The van der Waals surface area contributed by atoms with Gasteiger partial charge in [-0.2, -0.15) is 18.3 Å². The molecule has 0 aliphatic carbocycles. The normalized spacial score (nSPS) is 11.8. The van der Waals surface area contributed by atoms with E-state index in [9.17, 15) is 18.0 Å². The van der Waals surface area contributed by atoms with E-state index in [0.29, 0.717) is 16.1 Å². The first-order chi connectivity index (χ1) is 9.20. The van der Waals surface area contributed by atoms with Crippen molar-refractivity contribution in [2.75, 3.05) is 0 Å². The molecule has 0 bridgehead atoms. The maximum atomic E-state index is 12.9. The monoisotopic (exact) mass is 289 g/mol. The minimum absolute atomic E-state index is 0.271. The second-order valence-corrected chi connectivity index (χ2v) is 4.15. The average Bonchev–Trinajstić information content (AvgIpc) is 2.83. The van der Waals surface area contributed by atoms with Gasteiger partial charge in [-0.1, -0.05) is 5.21 Å². The minimum atomic E-state index is -4.86. The van der Waals surface area contributed by atoms with E-state index in [1.54, 1.807) is 20.0 Å². The van der Waals surface area contributed by atoms with Crippen LogP contribution in [0.1, 0.15) is 27.6 Å². The van der Waals surface area contributed by atoms with Gasteiger partial charge in [0.25, 0.3) is 0 Å². The SMILES string of the molecule is Cc1cc(Cn2nnc(C(=O)O)c2C(F)(F)F)n(C)n1. The van der Waals surface area contributed by atoms with Crippen LogP contribution in [-0.4, -0.2) is 35.9 Å². The molecule has 0 spiro atoms. The third kappa shape index (κ3) is 2.49. The zero-order valence-corrected chi connectivity index (χ0v) is 10.5. The predicted molar refractivity (Wildman–Crippen MR) is 59.0 cm³/mol. The summed E-state index contributed by atoms with van der Waals surface area (Å²) in [5.74, 6) is -1.77. The summed E-state index contributed by atoms with van der Waals surface area (Å²) >= 11 is 0. The number of hydrogen-bond acceptors (Lipinski definition) is 4. The number of aromatic carboxylic acids is 1. The maximum absolute atomic E-state index is 12.9. The molecule has 2 aromatic heterocycles. The molecule has 0 aliphatic rings. The fraction of sp³-hybridized carbons (Fsp3) is 0.400. The van der Waals surface area contributed by atoms with Gasteiger partial charge in [0.1, 0.15) is 0 Å². The quantitative estimate of drug-likeness (QED) is 0.914. The van der Waals surface area contributed by atoms with Crippen LogP contribution in [0.15, 0.2) is 6.07 Å². The third-order valence-corrected chi connectivity index (χ3v) is 2.62. The van der Waals surface area contributed by atoms with Crippen LogP contribution in [0.3, 0.4) is 0 Å². The minimum Gasteiger partial charge on any atom is -0.476 e. The highest BCUT2D eigenvalue weighted by Crippen LogP contribution is 2.31. The molecule has 0 saturated heterocycles. The van der Waals surface area contributed by atoms with E-state index in [0.717, 1.165) is 0 Å². The fourth-order valence-corrected chi connectivity index (χ4v) is 1.81. The Balaban J connectivity index is 2.47. The number of halogens is 3. The Morgan fingerprint density at radius 2 is 2.10 bits per heavy atom. The number of nitrogens with zero attached hydrogens (tertiary/aromatic N) is 5. The van der Waals surface area contributed by atoms with Crippen molar-refractivity contribution in [3.8, 4) is 0 Å². The molecular weight excluding hydrogens is 279 g/mol. The van der Waals surface area contributed by atoms with E-state index in [2.05, 4.69) is 15.4 Å². The summed E-state index contributed by atoms with van der Waals surface area (Å²) in [5.41, 5.74) is -1.41. The molecule has 0 atom stereocenters. The van der Waals surface area contributed by atoms with Gasteiger partial charge in [-0.25, -0.2) is 9.48 Å². The Kier molecular flexibility index (Phi) is 3.24. The van der Waals surface area contributed by atoms with Gasteiger partial charge in [0.2, 0.25) is 5.69 Å². The molecular formula is C10H10F3N5O2. The van der Waals surface area contributed by atoms with Gasteiger partial charge in [0.05, 0.1) is 17.9 Å². The van der Waals surface area contributed by atoms with Crippen molar-refractivity contribution in [1.82, 2.24) is 24.8 Å². The third-order valence-electron chi connectivity index (χ3n) is 2.62. The molecule has 10 heteroatoms. The van der Waals surface area contributed by atoms with Crippen LogP contribution in [0.5, 0.6) is 0 Å². The molecule has 0 aliphatic heterocycles. The van der Waals surface area contributed by atoms with Gasteiger partial charge < -0.3 is 5.11 Å². The molecule has 0 unspecified atom stereocenters. The van der Waals surface area contributed by atoms with Gasteiger partial charge in [-0.05, 0) is 13.0 Å². The van der Waals surface area contributed by atoms with Crippen LogP contribution in [-0.2, 0) is 19.8 Å². The predicted octanol–water partition coefficient (Wildman–Crippen LogP) is 1.09. The number of carboxylic acids is 1. The van der Waals surface area contributed by atoms with Crippen LogP contribution >= 0.6 is 0 Å². The lowest BCUT2D eigenvalue weighted by Crippen LogP contribution is -2.19. The molecule has 0 radical (unpaired) electrons. The van der Waals surface area contributed by atoms with E-state index in [1.165, 1.54) is 4.68 Å². The van der Waals surface area contributed by atoms with Crippen molar-refractivity contribution < 1.29 is 23.1 Å². The van der Waals surface area contributed by atoms with E-state index in [-0.39, 0.29) is 6.54 Å². The first-order valence-corrected chi connectivity index (χ1v) is 5.43. The molecule has 20 heavy (non-hydrogen) atoms. The number of aryl methyl sites for hydroxylation is 2. The summed E-state index contributed by atoms with van der Waals surface area (Å²) < 4.78 is 40.7. The van der Waals surface area contributed by atoms with E-state index in [1.807, 2.05) is 0 Å². The summed E-state index contributed by atoms with van der Waals surface area (Å²) in [7, 11) is 1.57. The summed E-state index contributed by atoms with van der Waals surface area (Å²) in [4.78, 5) is 10.8. The molecule has 2 heterocycles. The molecule has 0 aromatic carbocycles. The number of aromatic nitrogens is 5. The van der Waals surface area contributed by atoms with Crippen molar-refractivity contribution in [2.24, 2.45) is 7.05 Å². The van der Waals surface area contributed by atoms with Crippen molar-refractivity contribution >= 4 is 5.97 Å². The molecule has 1 N–H and O–H groups in total. The number of rotatable bonds is 3. The van der Waals surface area contributed by atoms with Crippen LogP contribution in [0, 0.1) is 6.92 Å². The molecule has 2 aromatic rings. The summed E-state index contributed by atoms with van der Waals surface area (Å²) in [6, 6.07) is 1.59. The van der Waals surface area contributed by atoms with Crippen molar-refractivity contribution in [1.29, 1.82) is 0 Å². The topological polar surface area (TPSA) is 85.8 Å². The molecule has 108 valence electrons. The molecule has 2 rings (SSSR count). The Bertz CT molecular complexity index is 658. The first-order valence-electron chi connectivity index (χ1n) is 5.43. The zero-order chi connectivity index (χ0) is 15.1. The lowest BCUT2D eigenvalue weighted by Gasteiger charge is -2.10. The second-order valence-electron chi connectivity index (χ2n) is 4.15. The Hall–Kier alpha value is -2.39. The lowest BCUT2D eigenvalue weighted by atomic mass is 10.3. The highest BCUT2D eigenvalue weighted by atomic mass is 19.4. The number of hydrogen-bond donors (Lipinski definition) is 1. The first kappa shape index (κ1) is 14.0. The standard InChI is InChI=1S/C10H10F3N5O2/c1-5-3-6(17(2)15-5)4-18-8(10(11,12)13)7(9(19)20)14-16-18/h3H,4H2,1-2H3,(H,19,20). The molecule has 7 nitrogen and oxygen atoms in total. The van der Waals surface area contributed by atoms with Gasteiger partial charge >= 0.3 is 12.1 Å². The fourth-order valence-electron chi connectivity index (χ4n) is 1.81. The molecule has 0 saturated carbocycles. The zero-order valence-electron chi connectivity index (χ0n) is 10.5. The van der Waals surface area contributed by atoms with Crippen molar-refractivity contribution in [3.05, 3.63) is 28.8 Å². The average molecular weight is 289 g/mol. The second kappa shape index (κ2) is 4.62. The van der Waals surface area contributed by atoms with Crippen LogP contribution in [0.2, 0.25) is 0 Å². The number of carbonyl (C=O) groups is 1. The van der Waals surface area contributed by atoms with E-state index < -0.39 is 23.5 Å². The van der Waals surface area contributed by atoms with Gasteiger partial charge in [0.15, 0.2) is 5.69 Å². The highest BCUT2D eigenvalue weighted by Gasteiger charge is 2.41. The number of carboxylic acid groups (broad SMARTS) is 1. The van der Waals surface area contributed by atoms with E-state index in [4.69, 9.17) is 5.11 Å². The molecule has 0 fully saturated rings. The van der Waals surface area contributed by atoms with Crippen molar-refractivity contribution in [3.63, 3.8) is 0 Å². The highest BCUT2D eigenvalue weighted by molar-refractivity contribution is 5.86. The summed E-state index contributed by atoms with van der Waals surface area (Å²) in [5, 5.41) is 19.1. The molecule has 0 amide bonds. The van der Waals surface area contributed by atoms with Crippen molar-refractivity contribution in [2.45, 2.75) is 19.6 Å². The van der Waals surface area contributed by atoms with Gasteiger partial charge in [-0.3, -0.25) is 4.68 Å². The lowest BCUT2D eigenvalue weighted by molar-refractivity contribution is -0.144. The Morgan fingerprint density at radius 3 is 2.55 bits per heavy atom. The van der Waals surface area contributed by atoms with Crippen LogP contribution in [0.4, 0.5) is 13.2 Å². The smallest absolute Gasteiger partial charge is 0.435 e. The summed E-state index contributed by atoms with van der Waals surface area (Å²) in [6.45, 7) is 1.42. The number of alkyl halides is 3. The van der Waals surface area contributed by atoms with Gasteiger partial charge in [-0.15, -0.1) is 5.10 Å². The van der Waals surface area contributed by atoms with E-state index >= 15 is 0 Å². The Labute approximate surface area is 110 Å². The van der Waals surface area contributed by atoms with Crippen LogP contribution < -0.4 is 0 Å². The Morgan fingerprint density at radius 1 is 1.45 bits per heavy atom. The largest absolute Gasteiger partial charge is 0.476 e. The summed E-state index contributed by atoms with van der Waals surface area (Å²) in [6.07, 6.45) is -4.86. The van der Waals surface area contributed by atoms with Gasteiger partial charge in [0, 0.05) is 7.05 Å². The maximum Gasteiger partial charge on any atom is 0.435 e. The van der Waals surface area contributed by atoms with Crippen LogP contribution in [0.25, 0.3) is 0 Å².